The van der Waals surface area contributed by atoms with Crippen molar-refractivity contribution in [3.05, 3.63) is 0 Å². The fraction of sp³-hybridized carbons (Fsp3) is 0.850. The van der Waals surface area contributed by atoms with E-state index in [2.05, 4.69) is 0 Å². The minimum absolute atomic E-state index is 0. The molecule has 0 saturated heterocycles. The number of aliphatic hydroxyl groups is 2. The molecule has 1 aliphatic carbocycles. The van der Waals surface area contributed by atoms with Crippen LogP contribution in [0.15, 0.2) is 0 Å². The van der Waals surface area contributed by atoms with Crippen molar-refractivity contribution in [2.45, 2.75) is 95.5 Å². The van der Waals surface area contributed by atoms with Gasteiger partial charge in [0.1, 0.15) is 6.10 Å². The number of rotatable bonds is 12. The number of carboxylic acids is 2. The average molecular weight is 458 g/mol. The van der Waals surface area contributed by atoms with Crippen LogP contribution in [0.25, 0.3) is 0 Å². The van der Waals surface area contributed by atoms with E-state index in [0.29, 0.717) is 12.3 Å². The standard InChI is InChI=1S/C20H35NO8.K.H/c1-12(2)8-15(22)18(14(21)9-13-6-4-3-5-7-13)29-19(27)20(28,10-16(23)24)11-17(25)26;;/h12-15,18,22,28H,3-11,21H2,1-2H3,(H,23,24)(H,25,26);;/q;+1;-1. The first-order valence-electron chi connectivity index (χ1n) is 10.2. The van der Waals surface area contributed by atoms with Gasteiger partial charge in [0.25, 0.3) is 0 Å². The van der Waals surface area contributed by atoms with Crippen LogP contribution in [0.2, 0.25) is 0 Å². The van der Waals surface area contributed by atoms with Crippen molar-refractivity contribution >= 4 is 17.9 Å². The number of ether oxygens (including phenoxy) is 1. The summed E-state index contributed by atoms with van der Waals surface area (Å²) in [4.78, 5) is 34.6. The van der Waals surface area contributed by atoms with Gasteiger partial charge in [-0.2, -0.15) is 0 Å². The third-order valence-corrected chi connectivity index (χ3v) is 5.35. The molecule has 9 nitrogen and oxygen atoms in total. The Hall–Kier alpha value is -0.0736. The summed E-state index contributed by atoms with van der Waals surface area (Å²) in [5, 5.41) is 38.9. The van der Waals surface area contributed by atoms with Crippen LogP contribution >= 0.6 is 0 Å². The molecule has 0 radical (unpaired) electrons. The zero-order valence-corrected chi connectivity index (χ0v) is 21.4. The molecule has 6 N–H and O–H groups in total. The van der Waals surface area contributed by atoms with Crippen LogP contribution in [0.4, 0.5) is 0 Å². The maximum atomic E-state index is 12.6. The van der Waals surface area contributed by atoms with Crippen molar-refractivity contribution in [3.63, 3.8) is 0 Å². The van der Waals surface area contributed by atoms with Crippen LogP contribution < -0.4 is 57.1 Å². The Bertz CT molecular complexity index is 555. The number of carbonyl (C=O) groups excluding carboxylic acids is 1. The molecule has 1 fully saturated rings. The molecular weight excluding hydrogens is 421 g/mol. The number of carboxylic acid groups (broad SMARTS) is 2. The molecule has 1 rings (SSSR count). The second kappa shape index (κ2) is 14.2. The van der Waals surface area contributed by atoms with Crippen molar-refractivity contribution in [2.24, 2.45) is 17.6 Å². The smallest absolute Gasteiger partial charge is 1.00 e. The molecule has 1 saturated carbocycles. The minimum Gasteiger partial charge on any atom is -1.00 e. The number of hydrogen-bond donors (Lipinski definition) is 5. The van der Waals surface area contributed by atoms with Crippen LogP contribution in [0.5, 0.6) is 0 Å². The number of hydrogen-bond acceptors (Lipinski definition) is 7. The average Bonchev–Trinajstić information content (AvgIpc) is 2.57. The number of aliphatic carboxylic acids is 2. The fourth-order valence-electron chi connectivity index (χ4n) is 3.95. The first-order chi connectivity index (χ1) is 13.4. The zero-order valence-electron chi connectivity index (χ0n) is 19.2. The van der Waals surface area contributed by atoms with Gasteiger partial charge in [-0.05, 0) is 24.7 Å². The summed E-state index contributed by atoms with van der Waals surface area (Å²) in [7, 11) is 0. The van der Waals surface area contributed by atoms with Gasteiger partial charge in [0.15, 0.2) is 5.60 Å². The van der Waals surface area contributed by atoms with Crippen molar-refractivity contribution in [1.82, 2.24) is 0 Å². The molecule has 0 aliphatic heterocycles. The molecule has 0 bridgehead atoms. The summed E-state index contributed by atoms with van der Waals surface area (Å²) in [5.74, 6) is -4.07. The van der Waals surface area contributed by atoms with Crippen LogP contribution in [-0.4, -0.2) is 62.2 Å². The van der Waals surface area contributed by atoms with Gasteiger partial charge >= 0.3 is 69.3 Å². The predicted molar refractivity (Wildman–Crippen MR) is 105 cm³/mol. The topological polar surface area (TPSA) is 167 Å². The molecule has 0 aromatic rings. The minimum atomic E-state index is -2.74. The first kappa shape index (κ1) is 29.9. The van der Waals surface area contributed by atoms with E-state index in [1.165, 1.54) is 0 Å². The summed E-state index contributed by atoms with van der Waals surface area (Å²) in [6.45, 7) is 3.75. The van der Waals surface area contributed by atoms with Gasteiger partial charge in [-0.3, -0.25) is 9.59 Å². The maximum absolute atomic E-state index is 12.6. The van der Waals surface area contributed by atoms with E-state index in [1.54, 1.807) is 0 Å². The Kier molecular flexibility index (Phi) is 14.1. The molecule has 30 heavy (non-hydrogen) atoms. The van der Waals surface area contributed by atoms with Gasteiger partial charge in [0.2, 0.25) is 0 Å². The Morgan fingerprint density at radius 2 is 1.60 bits per heavy atom. The van der Waals surface area contributed by atoms with E-state index in [9.17, 15) is 24.6 Å². The molecule has 3 unspecified atom stereocenters. The quantitative estimate of drug-likeness (QED) is 0.171. The SMILES string of the molecule is CC(C)CC(O)C(OC(=O)C(O)(CC(=O)O)CC(=O)O)C(N)CC1CCCCC1.[H-].[K+]. The number of esters is 1. The Morgan fingerprint density at radius 1 is 1.10 bits per heavy atom. The summed E-state index contributed by atoms with van der Waals surface area (Å²) >= 11 is 0. The van der Waals surface area contributed by atoms with E-state index in [-0.39, 0.29) is 65.1 Å². The molecule has 0 aromatic heterocycles. The maximum Gasteiger partial charge on any atom is 1.00 e. The summed E-state index contributed by atoms with van der Waals surface area (Å²) in [5.41, 5.74) is 3.53. The molecule has 0 spiro atoms. The molecule has 0 amide bonds. The van der Waals surface area contributed by atoms with Gasteiger partial charge in [0.05, 0.1) is 18.9 Å². The van der Waals surface area contributed by atoms with E-state index >= 15 is 0 Å². The van der Waals surface area contributed by atoms with Gasteiger partial charge < -0.3 is 32.3 Å². The summed E-state index contributed by atoms with van der Waals surface area (Å²) < 4.78 is 5.29. The van der Waals surface area contributed by atoms with Crippen LogP contribution in [0.3, 0.4) is 0 Å². The van der Waals surface area contributed by atoms with Gasteiger partial charge in [-0.1, -0.05) is 46.0 Å². The van der Waals surface area contributed by atoms with E-state index < -0.39 is 54.6 Å². The third kappa shape index (κ3) is 10.5. The second-order valence-electron chi connectivity index (χ2n) is 8.64. The molecule has 1 aliphatic rings. The molecule has 0 aromatic carbocycles. The van der Waals surface area contributed by atoms with Crippen molar-refractivity contribution in [2.75, 3.05) is 0 Å². The molecule has 0 heterocycles. The Balaban J connectivity index is 0. The third-order valence-electron chi connectivity index (χ3n) is 5.35. The molecule has 3 atom stereocenters. The fourth-order valence-corrected chi connectivity index (χ4v) is 3.95. The van der Waals surface area contributed by atoms with Gasteiger partial charge in [-0.25, -0.2) is 4.79 Å². The number of aliphatic hydroxyl groups excluding tert-OH is 1. The Labute approximate surface area is 221 Å². The van der Waals surface area contributed by atoms with E-state index in [1.807, 2.05) is 13.8 Å². The molecule has 10 heteroatoms. The predicted octanol–water partition coefficient (Wildman–Crippen LogP) is -1.60. The monoisotopic (exact) mass is 457 g/mol. The Morgan fingerprint density at radius 3 is 2.03 bits per heavy atom. The van der Waals surface area contributed by atoms with Gasteiger partial charge in [0, 0.05) is 6.04 Å². The second-order valence-corrected chi connectivity index (χ2v) is 8.64. The number of carbonyl (C=O) groups is 3. The molecule has 170 valence electrons. The largest absolute Gasteiger partial charge is 1.00 e. The van der Waals surface area contributed by atoms with Gasteiger partial charge in [-0.15, -0.1) is 0 Å². The van der Waals surface area contributed by atoms with Crippen LogP contribution in [-0.2, 0) is 19.1 Å². The number of nitrogens with two attached hydrogens (primary N) is 1. The van der Waals surface area contributed by atoms with E-state index in [0.717, 1.165) is 32.1 Å². The van der Waals surface area contributed by atoms with Crippen molar-refractivity contribution in [1.29, 1.82) is 0 Å². The van der Waals surface area contributed by atoms with E-state index in [4.69, 9.17) is 20.7 Å². The van der Waals surface area contributed by atoms with Crippen molar-refractivity contribution < 1.29 is 92.4 Å². The molecular formula is C20H36KNO8. The summed E-state index contributed by atoms with van der Waals surface area (Å²) in [6, 6.07) is -0.713. The van der Waals surface area contributed by atoms with Crippen molar-refractivity contribution in [3.8, 4) is 0 Å². The van der Waals surface area contributed by atoms with Crippen LogP contribution in [0, 0.1) is 11.8 Å². The first-order valence-corrected chi connectivity index (χ1v) is 10.2. The summed E-state index contributed by atoms with van der Waals surface area (Å²) in [6.07, 6.45) is 1.62. The van der Waals surface area contributed by atoms with Crippen LogP contribution in [0.1, 0.15) is 73.1 Å². The zero-order chi connectivity index (χ0) is 22.2. The normalized spacial score (nSPS) is 18.2.